The summed E-state index contributed by atoms with van der Waals surface area (Å²) in [5.41, 5.74) is 2.27. The molecule has 20 heteroatoms. The molecule has 4 rings (SSSR count). The first-order valence-corrected chi connectivity index (χ1v) is 26.8. The Kier molecular flexibility index (Phi) is 13.0. The lowest BCUT2D eigenvalue weighted by atomic mass is 9.89. The molecule has 2 unspecified atom stereocenters. The monoisotopic (exact) mass is 845 g/mol. The van der Waals surface area contributed by atoms with E-state index in [1.807, 2.05) is 47.0 Å². The number of aryl methyl sites for hydroxylation is 1. The van der Waals surface area contributed by atoms with Crippen LogP contribution in [0.4, 0.5) is 4.79 Å². The highest BCUT2D eigenvalue weighted by atomic mass is 32.2. The first-order chi connectivity index (χ1) is 25.1. The zero-order valence-electron chi connectivity index (χ0n) is 33.5. The molecule has 16 nitrogen and oxygen atoms in total. The van der Waals surface area contributed by atoms with Crippen molar-refractivity contribution in [2.45, 2.75) is 128 Å². The van der Waals surface area contributed by atoms with Crippen LogP contribution in [0.5, 0.6) is 0 Å². The third-order valence-electron chi connectivity index (χ3n) is 10.9. The van der Waals surface area contributed by atoms with Crippen LogP contribution in [0.3, 0.4) is 0 Å². The molecular formula is C35H56N3O13PSSi2. The van der Waals surface area contributed by atoms with Crippen molar-refractivity contribution < 1.29 is 49.7 Å². The Morgan fingerprint density at radius 1 is 1.04 bits per heavy atom. The van der Waals surface area contributed by atoms with E-state index in [0.717, 1.165) is 14.5 Å². The van der Waals surface area contributed by atoms with Gasteiger partial charge in [0.05, 0.1) is 24.3 Å². The number of rotatable bonds is 14. The predicted molar refractivity (Wildman–Crippen MR) is 211 cm³/mol. The van der Waals surface area contributed by atoms with Crippen molar-refractivity contribution in [3.8, 4) is 0 Å². The van der Waals surface area contributed by atoms with Crippen LogP contribution in [0, 0.1) is 6.92 Å². The van der Waals surface area contributed by atoms with Crippen LogP contribution >= 0.6 is 7.60 Å². The van der Waals surface area contributed by atoms with Crippen molar-refractivity contribution in [1.82, 2.24) is 9.13 Å². The number of carbonyl (C=O) groups is 1. The number of carbonyl (C=O) groups excluding carboxylic acids is 1. The highest BCUT2D eigenvalue weighted by Crippen LogP contribution is 2.52. The quantitative estimate of drug-likeness (QED) is 0.105. The minimum Gasteiger partial charge on any atom is -0.452 e. The summed E-state index contributed by atoms with van der Waals surface area (Å²) < 4.78 is 76.8. The maximum Gasteiger partial charge on any atom is 0.435 e. The molecule has 5 atom stereocenters. The number of aromatic nitrogens is 2. The first-order valence-electron chi connectivity index (χ1n) is 18.0. The molecule has 0 aliphatic carbocycles. The van der Waals surface area contributed by atoms with Crippen LogP contribution < -0.4 is 17.0 Å². The Balaban J connectivity index is 1.69. The Morgan fingerprint density at radius 3 is 2.18 bits per heavy atom. The molecule has 55 heavy (non-hydrogen) atoms. The van der Waals surface area contributed by atoms with Gasteiger partial charge in [-0.05, 0) is 55.2 Å². The van der Waals surface area contributed by atoms with Gasteiger partial charge in [0.2, 0.25) is 0 Å². The van der Waals surface area contributed by atoms with Crippen molar-refractivity contribution in [2.75, 3.05) is 13.2 Å². The van der Waals surface area contributed by atoms with Crippen LogP contribution in [0.15, 0.2) is 57.2 Å². The highest BCUT2D eigenvalue weighted by molar-refractivity contribution is 7.90. The van der Waals surface area contributed by atoms with Gasteiger partial charge in [-0.15, -0.1) is 0 Å². The normalized spacial score (nSPS) is 24.1. The van der Waals surface area contributed by atoms with Gasteiger partial charge >= 0.3 is 19.0 Å². The van der Waals surface area contributed by atoms with Gasteiger partial charge in [0.1, 0.15) is 18.8 Å². The van der Waals surface area contributed by atoms with Crippen LogP contribution in [0.1, 0.15) is 65.3 Å². The number of nitrogens with zero attached hydrogens (tertiary/aromatic N) is 2. The van der Waals surface area contributed by atoms with Crippen molar-refractivity contribution in [3.63, 3.8) is 0 Å². The van der Waals surface area contributed by atoms with Gasteiger partial charge in [-0.2, -0.15) is 8.42 Å². The molecule has 1 spiro atoms. The summed E-state index contributed by atoms with van der Waals surface area (Å²) in [6.45, 7) is 20.4. The molecule has 308 valence electrons. The molecule has 0 bridgehead atoms. The van der Waals surface area contributed by atoms with E-state index in [9.17, 15) is 32.3 Å². The van der Waals surface area contributed by atoms with E-state index in [4.69, 9.17) is 32.8 Å². The molecule has 0 amide bonds. The van der Waals surface area contributed by atoms with Crippen molar-refractivity contribution in [1.29, 1.82) is 0 Å². The zero-order valence-corrected chi connectivity index (χ0v) is 37.2. The largest absolute Gasteiger partial charge is 0.452 e. The number of ether oxygens (including phenoxy) is 2. The van der Waals surface area contributed by atoms with Crippen molar-refractivity contribution >= 4 is 40.1 Å². The van der Waals surface area contributed by atoms with E-state index in [1.165, 1.54) is 13.1 Å². The molecule has 3 heterocycles. The highest BCUT2D eigenvalue weighted by Gasteiger charge is 2.67. The fourth-order valence-corrected chi connectivity index (χ4v) is 9.83. The summed E-state index contributed by atoms with van der Waals surface area (Å²) in [7, 11) is -14.5. The number of hydrogen-bond donors (Lipinski definition) is 2. The third-order valence-corrected chi connectivity index (χ3v) is 22.1. The first kappa shape index (κ1) is 45.0. The number of nitrogens with two attached hydrogens (primary N) is 1. The van der Waals surface area contributed by atoms with Crippen LogP contribution in [0.25, 0.3) is 0 Å². The minimum atomic E-state index is -4.87. The summed E-state index contributed by atoms with van der Waals surface area (Å²) in [4.78, 5) is 50.2. The summed E-state index contributed by atoms with van der Waals surface area (Å²) in [5, 5.41) is 0.204. The standard InChI is InChI=1S/C35H56N3O13PSSi2/c1-24-20-38(31(40)37(29(24)39)18-15-19-47-52(42,43)32(41)46-21-25-16-13-12-14-17-25)30-28(50-55(10,11)34(5,6)7)35(26(36)23-53(44,45)51-35)27(49-30)22-48-54(8,9)33(2,3)4/h12-14,16-17,20,23,27-28,30H,15,18-19,21-22,36H2,1-11H3,(H,42,43)/t27-,28+,30-,35?/m1/s1. The fourth-order valence-electron chi connectivity index (χ4n) is 5.62. The molecule has 1 saturated heterocycles. The third kappa shape index (κ3) is 9.54. The van der Waals surface area contributed by atoms with Crippen LogP contribution in [-0.4, -0.2) is 75.8 Å². The predicted octanol–water partition coefficient (Wildman–Crippen LogP) is 5.46. The van der Waals surface area contributed by atoms with Crippen molar-refractivity contribution in [3.05, 3.63) is 79.6 Å². The second-order valence-electron chi connectivity index (χ2n) is 17.0. The smallest absolute Gasteiger partial charge is 0.435 e. The second-order valence-corrected chi connectivity index (χ2v) is 29.7. The van der Waals surface area contributed by atoms with Gasteiger partial charge in [-0.1, -0.05) is 71.9 Å². The maximum atomic E-state index is 14.3. The summed E-state index contributed by atoms with van der Waals surface area (Å²) in [5.74, 6) is 0. The summed E-state index contributed by atoms with van der Waals surface area (Å²) in [6.07, 6.45) is -2.65. The molecular weight excluding hydrogens is 790 g/mol. The molecule has 2 aliphatic rings. The number of benzene rings is 1. The van der Waals surface area contributed by atoms with Gasteiger partial charge < -0.3 is 33.5 Å². The summed E-state index contributed by atoms with van der Waals surface area (Å²) >= 11 is 0. The Bertz CT molecular complexity index is 2060. The van der Waals surface area contributed by atoms with E-state index < -0.39 is 87.0 Å². The fraction of sp³-hybridized carbons (Fsp3) is 0.629. The molecule has 2 aromatic rings. The lowest BCUT2D eigenvalue weighted by molar-refractivity contribution is -0.0567. The van der Waals surface area contributed by atoms with E-state index in [-0.39, 0.29) is 42.5 Å². The number of hydrogen-bond acceptors (Lipinski definition) is 13. The SMILES string of the molecule is Cc1cn([C@@H]2O[C@H](CO[Si](C)(C)C(C)(C)C)C3(OS(=O)(=O)C=C3N)[C@H]2O[Si](C)(C)C(C)(C)C)c(=O)n(CCCOP(=O)(O)C(=O)OCc2ccccc2)c1=O. The van der Waals surface area contributed by atoms with Gasteiger partial charge in [0.25, 0.3) is 15.7 Å². The molecule has 2 aliphatic heterocycles. The lowest BCUT2D eigenvalue weighted by Gasteiger charge is -2.43. The Morgan fingerprint density at radius 2 is 1.64 bits per heavy atom. The molecule has 0 saturated carbocycles. The van der Waals surface area contributed by atoms with Crippen LogP contribution in [-0.2, 0) is 54.9 Å². The topological polar surface area (TPSA) is 214 Å². The van der Waals surface area contributed by atoms with E-state index in [0.29, 0.717) is 5.56 Å². The van der Waals surface area contributed by atoms with Crippen LogP contribution in [0.2, 0.25) is 36.3 Å². The van der Waals surface area contributed by atoms with Gasteiger partial charge in [0, 0.05) is 18.3 Å². The van der Waals surface area contributed by atoms with E-state index in [2.05, 4.69) is 20.8 Å². The van der Waals surface area contributed by atoms with E-state index in [1.54, 1.807) is 30.3 Å². The molecule has 1 aromatic carbocycles. The Labute approximate surface area is 324 Å². The van der Waals surface area contributed by atoms with E-state index >= 15 is 0 Å². The van der Waals surface area contributed by atoms with Crippen molar-refractivity contribution in [2.24, 2.45) is 5.73 Å². The summed E-state index contributed by atoms with van der Waals surface area (Å²) in [6, 6.07) is 8.57. The molecule has 0 radical (unpaired) electrons. The second kappa shape index (κ2) is 15.9. The molecule has 1 fully saturated rings. The van der Waals surface area contributed by atoms with Gasteiger partial charge in [-0.3, -0.25) is 13.9 Å². The van der Waals surface area contributed by atoms with Gasteiger partial charge in [0.15, 0.2) is 28.5 Å². The average Bonchev–Trinajstić information content (AvgIpc) is 3.49. The van der Waals surface area contributed by atoms with Gasteiger partial charge in [-0.25, -0.2) is 18.3 Å². The molecule has 1 aromatic heterocycles. The zero-order chi connectivity index (χ0) is 41.6. The average molecular weight is 846 g/mol. The Hall–Kier alpha value is -2.72. The lowest BCUT2D eigenvalue weighted by Crippen LogP contribution is -2.59. The minimum absolute atomic E-state index is 0.130. The molecule has 3 N–H and O–H groups in total. The maximum absolute atomic E-state index is 14.3.